The lowest BCUT2D eigenvalue weighted by Gasteiger charge is -2.20. The second kappa shape index (κ2) is 8.06. The predicted octanol–water partition coefficient (Wildman–Crippen LogP) is 1.99. The number of nitrogens with one attached hydrogen (secondary N) is 3. The van der Waals surface area contributed by atoms with Crippen molar-refractivity contribution in [2.45, 2.75) is 53.5 Å². The molecule has 3 nitrogen and oxygen atoms in total. The van der Waals surface area contributed by atoms with Gasteiger partial charge in [-0.1, -0.05) is 20.8 Å². The van der Waals surface area contributed by atoms with Crippen LogP contribution < -0.4 is 16.0 Å². The minimum absolute atomic E-state index is 0.229. The summed E-state index contributed by atoms with van der Waals surface area (Å²) in [5.41, 5.74) is 0.670. The molecule has 3 heteroatoms. The highest BCUT2D eigenvalue weighted by atomic mass is 15.0. The third-order valence-corrected chi connectivity index (χ3v) is 2.49. The number of hydrogen-bond donors (Lipinski definition) is 3. The highest BCUT2D eigenvalue weighted by Gasteiger charge is 2.08. The van der Waals surface area contributed by atoms with Gasteiger partial charge in [0.2, 0.25) is 0 Å². The summed E-state index contributed by atoms with van der Waals surface area (Å²) in [5.74, 6) is 0. The Morgan fingerprint density at radius 1 is 0.647 bits per heavy atom. The van der Waals surface area contributed by atoms with Crippen molar-refractivity contribution in [2.24, 2.45) is 5.41 Å². The first-order valence-electron chi connectivity index (χ1n) is 6.87. The highest BCUT2D eigenvalue weighted by molar-refractivity contribution is 4.70. The van der Waals surface area contributed by atoms with Crippen LogP contribution in [0.4, 0.5) is 0 Å². The van der Waals surface area contributed by atoms with Crippen LogP contribution in [0.15, 0.2) is 0 Å². The molecule has 0 aromatic heterocycles. The second-order valence-corrected chi connectivity index (χ2v) is 6.99. The lowest BCUT2D eigenvalue weighted by Crippen LogP contribution is -2.41. The van der Waals surface area contributed by atoms with Crippen LogP contribution in [0.5, 0.6) is 0 Å². The van der Waals surface area contributed by atoms with Gasteiger partial charge in [0.1, 0.15) is 0 Å². The molecule has 0 atom stereocenters. The molecule has 0 unspecified atom stereocenters. The van der Waals surface area contributed by atoms with E-state index in [0.29, 0.717) is 5.41 Å². The molecule has 0 spiro atoms. The molecule has 0 fully saturated rings. The molecule has 0 bridgehead atoms. The van der Waals surface area contributed by atoms with E-state index in [2.05, 4.69) is 57.5 Å². The van der Waals surface area contributed by atoms with Crippen LogP contribution in [0.2, 0.25) is 0 Å². The van der Waals surface area contributed by atoms with Gasteiger partial charge in [0.15, 0.2) is 0 Å². The first-order chi connectivity index (χ1) is 7.71. The quantitative estimate of drug-likeness (QED) is 0.571. The zero-order chi connectivity index (χ0) is 13.4. The van der Waals surface area contributed by atoms with E-state index in [0.717, 1.165) is 32.7 Å². The molecule has 0 aromatic rings. The standard InChI is InChI=1S/C14H33N3/c1-13(2,3)7-8-15-9-10-16-11-12-17-14(4,5)6/h15-17H,7-12H2,1-6H3. The van der Waals surface area contributed by atoms with Crippen LogP contribution in [0, 0.1) is 5.41 Å². The molecular weight excluding hydrogens is 210 g/mol. The molecule has 0 saturated carbocycles. The van der Waals surface area contributed by atoms with E-state index >= 15 is 0 Å². The van der Waals surface area contributed by atoms with Gasteiger partial charge < -0.3 is 16.0 Å². The Morgan fingerprint density at radius 2 is 1.12 bits per heavy atom. The summed E-state index contributed by atoms with van der Waals surface area (Å²) in [6, 6.07) is 0. The molecule has 0 amide bonds. The second-order valence-electron chi connectivity index (χ2n) is 6.99. The topological polar surface area (TPSA) is 36.1 Å². The fraction of sp³-hybridized carbons (Fsp3) is 1.00. The van der Waals surface area contributed by atoms with Crippen LogP contribution >= 0.6 is 0 Å². The van der Waals surface area contributed by atoms with Crippen molar-refractivity contribution < 1.29 is 0 Å². The zero-order valence-corrected chi connectivity index (χ0v) is 12.7. The van der Waals surface area contributed by atoms with Crippen molar-refractivity contribution in [1.29, 1.82) is 0 Å². The van der Waals surface area contributed by atoms with Gasteiger partial charge in [0.25, 0.3) is 0 Å². The minimum Gasteiger partial charge on any atom is -0.315 e. The Bertz CT molecular complexity index is 157. The van der Waals surface area contributed by atoms with Crippen molar-refractivity contribution >= 4 is 0 Å². The van der Waals surface area contributed by atoms with E-state index in [1.54, 1.807) is 0 Å². The third-order valence-electron chi connectivity index (χ3n) is 2.49. The van der Waals surface area contributed by atoms with E-state index in [-0.39, 0.29) is 5.54 Å². The van der Waals surface area contributed by atoms with E-state index in [4.69, 9.17) is 0 Å². The third kappa shape index (κ3) is 15.9. The average Bonchev–Trinajstić information content (AvgIpc) is 2.11. The van der Waals surface area contributed by atoms with Gasteiger partial charge in [-0.25, -0.2) is 0 Å². The number of hydrogen-bond acceptors (Lipinski definition) is 3. The molecule has 0 saturated heterocycles. The molecule has 3 N–H and O–H groups in total. The summed E-state index contributed by atoms with van der Waals surface area (Å²) in [5, 5.41) is 10.4. The smallest absolute Gasteiger partial charge is 0.00970 e. The molecule has 0 rings (SSSR count). The van der Waals surface area contributed by atoms with Crippen LogP contribution in [-0.2, 0) is 0 Å². The highest BCUT2D eigenvalue weighted by Crippen LogP contribution is 2.16. The van der Waals surface area contributed by atoms with Gasteiger partial charge in [-0.3, -0.25) is 0 Å². The molecule has 0 aliphatic heterocycles. The first kappa shape index (κ1) is 16.9. The van der Waals surface area contributed by atoms with Gasteiger partial charge >= 0.3 is 0 Å². The normalized spacial score (nSPS) is 13.1. The SMILES string of the molecule is CC(C)(C)CCNCCNCCNC(C)(C)C. The van der Waals surface area contributed by atoms with Crippen molar-refractivity contribution in [1.82, 2.24) is 16.0 Å². The van der Waals surface area contributed by atoms with Crippen LogP contribution in [0.1, 0.15) is 48.0 Å². The minimum atomic E-state index is 0.229. The van der Waals surface area contributed by atoms with Crippen molar-refractivity contribution in [2.75, 3.05) is 32.7 Å². The molecule has 0 heterocycles. The lowest BCUT2D eigenvalue weighted by atomic mass is 9.92. The Kier molecular flexibility index (Phi) is 8.01. The van der Waals surface area contributed by atoms with Crippen molar-refractivity contribution in [3.8, 4) is 0 Å². The Balaban J connectivity index is 3.15. The van der Waals surface area contributed by atoms with Gasteiger partial charge in [-0.15, -0.1) is 0 Å². The van der Waals surface area contributed by atoms with Crippen molar-refractivity contribution in [3.05, 3.63) is 0 Å². The fourth-order valence-corrected chi connectivity index (χ4v) is 1.42. The Morgan fingerprint density at radius 3 is 1.59 bits per heavy atom. The molecule has 0 aromatic carbocycles. The van der Waals surface area contributed by atoms with Crippen LogP contribution in [0.25, 0.3) is 0 Å². The summed E-state index contributed by atoms with van der Waals surface area (Å²) >= 11 is 0. The average molecular weight is 243 g/mol. The van der Waals surface area contributed by atoms with E-state index in [9.17, 15) is 0 Å². The lowest BCUT2D eigenvalue weighted by molar-refractivity contribution is 0.366. The van der Waals surface area contributed by atoms with E-state index in [1.807, 2.05) is 0 Å². The molecule has 0 aliphatic rings. The van der Waals surface area contributed by atoms with Crippen LogP contribution in [0.3, 0.4) is 0 Å². The van der Waals surface area contributed by atoms with Crippen molar-refractivity contribution in [3.63, 3.8) is 0 Å². The first-order valence-corrected chi connectivity index (χ1v) is 6.87. The summed E-state index contributed by atoms with van der Waals surface area (Å²) in [4.78, 5) is 0. The predicted molar refractivity (Wildman–Crippen MR) is 77.6 cm³/mol. The molecule has 0 radical (unpaired) electrons. The molecule has 104 valence electrons. The maximum atomic E-state index is 3.47. The van der Waals surface area contributed by atoms with Gasteiger partial charge in [-0.05, 0) is 39.2 Å². The Labute approximate surface area is 108 Å². The summed E-state index contributed by atoms with van der Waals surface area (Å²) in [6.07, 6.45) is 1.23. The molecular formula is C14H33N3. The Hall–Kier alpha value is -0.120. The molecule has 0 aliphatic carbocycles. The van der Waals surface area contributed by atoms with E-state index < -0.39 is 0 Å². The van der Waals surface area contributed by atoms with E-state index in [1.165, 1.54) is 6.42 Å². The number of rotatable bonds is 8. The van der Waals surface area contributed by atoms with Crippen LogP contribution in [-0.4, -0.2) is 38.3 Å². The summed E-state index contributed by atoms with van der Waals surface area (Å²) in [7, 11) is 0. The van der Waals surface area contributed by atoms with Gasteiger partial charge in [-0.2, -0.15) is 0 Å². The zero-order valence-electron chi connectivity index (χ0n) is 12.7. The van der Waals surface area contributed by atoms with Gasteiger partial charge in [0, 0.05) is 31.7 Å². The largest absolute Gasteiger partial charge is 0.315 e. The summed E-state index contributed by atoms with van der Waals surface area (Å²) < 4.78 is 0. The fourth-order valence-electron chi connectivity index (χ4n) is 1.42. The molecule has 17 heavy (non-hydrogen) atoms. The van der Waals surface area contributed by atoms with Gasteiger partial charge in [0.05, 0.1) is 0 Å². The maximum absolute atomic E-state index is 3.47. The monoisotopic (exact) mass is 243 g/mol. The maximum Gasteiger partial charge on any atom is 0.00970 e. The summed E-state index contributed by atoms with van der Waals surface area (Å²) in [6.45, 7) is 18.7.